The summed E-state index contributed by atoms with van der Waals surface area (Å²) in [5, 5.41) is 18.4. The Balaban J connectivity index is 3.25. The number of aryl methyl sites for hydroxylation is 1. The van der Waals surface area contributed by atoms with Crippen LogP contribution in [0.3, 0.4) is 0 Å². The van der Waals surface area contributed by atoms with Crippen molar-refractivity contribution in [2.24, 2.45) is 5.73 Å². The minimum absolute atomic E-state index is 0.0830. The van der Waals surface area contributed by atoms with Gasteiger partial charge in [-0.15, -0.1) is 0 Å². The van der Waals surface area contributed by atoms with Crippen molar-refractivity contribution in [1.82, 2.24) is 0 Å². The summed E-state index contributed by atoms with van der Waals surface area (Å²) in [5.74, 6) is 0.198. The molecule has 0 saturated carbocycles. The first-order chi connectivity index (χ1) is 5.70. The smallest absolute Gasteiger partial charge is 0.123 e. The van der Waals surface area contributed by atoms with Crippen molar-refractivity contribution in [2.45, 2.75) is 20.1 Å². The summed E-state index contributed by atoms with van der Waals surface area (Å²) in [6, 6.07) is 3.54. The van der Waals surface area contributed by atoms with E-state index in [4.69, 9.17) is 10.8 Å². The molecule has 1 aromatic rings. The molecule has 0 unspecified atom stereocenters. The average Bonchev–Trinajstić information content (AvgIpc) is 2.09. The maximum absolute atomic E-state index is 9.52. The van der Waals surface area contributed by atoms with Gasteiger partial charge in [-0.1, -0.05) is 12.1 Å². The largest absolute Gasteiger partial charge is 0.507 e. The topological polar surface area (TPSA) is 66.5 Å². The first kappa shape index (κ1) is 9.03. The lowest BCUT2D eigenvalue weighted by Gasteiger charge is -2.09. The van der Waals surface area contributed by atoms with Crippen molar-refractivity contribution in [3.05, 3.63) is 28.8 Å². The molecule has 0 aliphatic heterocycles. The second kappa shape index (κ2) is 3.56. The van der Waals surface area contributed by atoms with E-state index in [1.54, 1.807) is 19.1 Å². The van der Waals surface area contributed by atoms with Gasteiger partial charge in [0, 0.05) is 12.1 Å². The fourth-order valence-electron chi connectivity index (χ4n) is 1.17. The predicted molar refractivity (Wildman–Crippen MR) is 46.7 cm³/mol. The summed E-state index contributed by atoms with van der Waals surface area (Å²) in [6.07, 6.45) is 0. The zero-order valence-corrected chi connectivity index (χ0v) is 7.04. The Hall–Kier alpha value is -1.06. The first-order valence-electron chi connectivity index (χ1n) is 3.82. The summed E-state index contributed by atoms with van der Waals surface area (Å²) < 4.78 is 0. The van der Waals surface area contributed by atoms with Gasteiger partial charge in [-0.2, -0.15) is 0 Å². The molecule has 0 fully saturated rings. The maximum Gasteiger partial charge on any atom is 0.123 e. The lowest BCUT2D eigenvalue weighted by molar-refractivity contribution is 0.279. The molecule has 12 heavy (non-hydrogen) atoms. The highest BCUT2D eigenvalue weighted by molar-refractivity contribution is 5.44. The zero-order chi connectivity index (χ0) is 9.14. The minimum atomic E-state index is -0.0830. The van der Waals surface area contributed by atoms with E-state index in [1.807, 2.05) is 0 Å². The molecule has 0 atom stereocenters. The molecule has 0 heterocycles. The van der Waals surface area contributed by atoms with Crippen LogP contribution in [0.25, 0.3) is 0 Å². The van der Waals surface area contributed by atoms with Crippen LogP contribution in [-0.4, -0.2) is 10.2 Å². The zero-order valence-electron chi connectivity index (χ0n) is 7.04. The van der Waals surface area contributed by atoms with Crippen LogP contribution in [0.4, 0.5) is 0 Å². The molecule has 0 aliphatic carbocycles. The normalized spacial score (nSPS) is 10.2. The number of aromatic hydroxyl groups is 1. The average molecular weight is 167 g/mol. The van der Waals surface area contributed by atoms with Crippen molar-refractivity contribution < 1.29 is 10.2 Å². The van der Waals surface area contributed by atoms with Gasteiger partial charge in [0.15, 0.2) is 0 Å². The van der Waals surface area contributed by atoms with Crippen molar-refractivity contribution in [1.29, 1.82) is 0 Å². The summed E-state index contributed by atoms with van der Waals surface area (Å²) in [7, 11) is 0. The number of phenolic OH excluding ortho intramolecular Hbond substituents is 1. The Labute approximate surface area is 71.5 Å². The lowest BCUT2D eigenvalue weighted by atomic mass is 10.0. The Kier molecular flexibility index (Phi) is 2.68. The van der Waals surface area contributed by atoms with E-state index in [2.05, 4.69) is 0 Å². The number of hydrogen-bond acceptors (Lipinski definition) is 3. The van der Waals surface area contributed by atoms with Crippen LogP contribution in [-0.2, 0) is 13.2 Å². The van der Waals surface area contributed by atoms with Gasteiger partial charge in [-0.05, 0) is 18.1 Å². The van der Waals surface area contributed by atoms with Gasteiger partial charge >= 0.3 is 0 Å². The molecule has 0 bridgehead atoms. The Morgan fingerprint density at radius 2 is 2.08 bits per heavy atom. The molecule has 0 amide bonds. The van der Waals surface area contributed by atoms with Crippen molar-refractivity contribution in [3.8, 4) is 5.75 Å². The van der Waals surface area contributed by atoms with Gasteiger partial charge in [-0.3, -0.25) is 0 Å². The van der Waals surface area contributed by atoms with Crippen molar-refractivity contribution >= 4 is 0 Å². The number of rotatable bonds is 2. The Morgan fingerprint density at radius 3 is 2.58 bits per heavy atom. The highest BCUT2D eigenvalue weighted by Crippen LogP contribution is 2.24. The number of aliphatic hydroxyl groups excluding tert-OH is 1. The van der Waals surface area contributed by atoms with Crippen LogP contribution in [0.1, 0.15) is 16.7 Å². The van der Waals surface area contributed by atoms with Crippen LogP contribution < -0.4 is 5.73 Å². The van der Waals surface area contributed by atoms with Crippen molar-refractivity contribution in [3.63, 3.8) is 0 Å². The second-order valence-electron chi connectivity index (χ2n) is 2.73. The van der Waals surface area contributed by atoms with Crippen LogP contribution >= 0.6 is 0 Å². The van der Waals surface area contributed by atoms with Gasteiger partial charge in [0.2, 0.25) is 0 Å². The van der Waals surface area contributed by atoms with E-state index < -0.39 is 0 Å². The molecule has 66 valence electrons. The third-order valence-electron chi connectivity index (χ3n) is 1.96. The van der Waals surface area contributed by atoms with E-state index >= 15 is 0 Å². The predicted octanol–water partition coefficient (Wildman–Crippen LogP) is 0.652. The summed E-state index contributed by atoms with van der Waals surface area (Å²) >= 11 is 0. The SMILES string of the molecule is Cc1ccc(CO)c(CN)c1O. The quantitative estimate of drug-likeness (QED) is 0.606. The van der Waals surface area contributed by atoms with E-state index in [0.29, 0.717) is 11.1 Å². The fraction of sp³-hybridized carbons (Fsp3) is 0.333. The Morgan fingerprint density at radius 1 is 1.42 bits per heavy atom. The number of hydrogen-bond donors (Lipinski definition) is 3. The molecule has 1 rings (SSSR count). The number of nitrogens with two attached hydrogens (primary N) is 1. The molecule has 0 saturated heterocycles. The highest BCUT2D eigenvalue weighted by Gasteiger charge is 2.07. The molecule has 1 aromatic carbocycles. The summed E-state index contributed by atoms with van der Waals surface area (Å²) in [5.41, 5.74) is 7.54. The molecular formula is C9H13NO2. The second-order valence-corrected chi connectivity index (χ2v) is 2.73. The molecule has 4 N–H and O–H groups in total. The molecule has 3 nitrogen and oxygen atoms in total. The molecule has 3 heteroatoms. The van der Waals surface area contributed by atoms with Gasteiger partial charge in [0.1, 0.15) is 5.75 Å². The first-order valence-corrected chi connectivity index (χ1v) is 3.82. The summed E-state index contributed by atoms with van der Waals surface area (Å²) in [6.45, 7) is 1.97. The van der Waals surface area contributed by atoms with Crippen molar-refractivity contribution in [2.75, 3.05) is 0 Å². The van der Waals surface area contributed by atoms with Gasteiger partial charge in [0.25, 0.3) is 0 Å². The standard InChI is InChI=1S/C9H13NO2/c1-6-2-3-7(5-11)8(4-10)9(6)12/h2-3,11-12H,4-5,10H2,1H3. The fourth-order valence-corrected chi connectivity index (χ4v) is 1.17. The van der Waals surface area contributed by atoms with Gasteiger partial charge in [0.05, 0.1) is 6.61 Å². The summed E-state index contributed by atoms with van der Waals surface area (Å²) in [4.78, 5) is 0. The Bertz CT molecular complexity index is 284. The third-order valence-corrected chi connectivity index (χ3v) is 1.96. The van der Waals surface area contributed by atoms with E-state index in [9.17, 15) is 5.11 Å². The van der Waals surface area contributed by atoms with E-state index in [1.165, 1.54) is 0 Å². The molecule has 0 aliphatic rings. The van der Waals surface area contributed by atoms with Gasteiger partial charge in [-0.25, -0.2) is 0 Å². The highest BCUT2D eigenvalue weighted by atomic mass is 16.3. The van der Waals surface area contributed by atoms with Crippen LogP contribution in [0.15, 0.2) is 12.1 Å². The number of phenols is 1. The lowest BCUT2D eigenvalue weighted by Crippen LogP contribution is -2.02. The van der Waals surface area contributed by atoms with Gasteiger partial charge < -0.3 is 15.9 Å². The van der Waals surface area contributed by atoms with Crippen LogP contribution in [0.5, 0.6) is 5.75 Å². The van der Waals surface area contributed by atoms with Crippen LogP contribution in [0.2, 0.25) is 0 Å². The third kappa shape index (κ3) is 1.42. The molecule has 0 spiro atoms. The minimum Gasteiger partial charge on any atom is -0.507 e. The monoisotopic (exact) mass is 167 g/mol. The molecule has 0 radical (unpaired) electrons. The molecule has 0 aromatic heterocycles. The maximum atomic E-state index is 9.52. The van der Waals surface area contributed by atoms with E-state index in [-0.39, 0.29) is 18.9 Å². The van der Waals surface area contributed by atoms with E-state index in [0.717, 1.165) is 5.56 Å². The number of aliphatic hydroxyl groups is 1. The molecular weight excluding hydrogens is 154 g/mol. The number of benzene rings is 1. The van der Waals surface area contributed by atoms with Crippen LogP contribution in [0, 0.1) is 6.92 Å².